The Morgan fingerprint density at radius 1 is 0.841 bits per heavy atom. The zero-order valence-corrected chi connectivity index (χ0v) is 27.2. The van der Waals surface area contributed by atoms with E-state index in [0.29, 0.717) is 17.3 Å². The molecule has 0 bridgehead atoms. The first-order valence-electron chi connectivity index (χ1n) is 15.8. The maximum atomic E-state index is 7.90. The number of pyridine rings is 1. The molecule has 0 spiro atoms. The monoisotopic (exact) mass is 759 g/mol. The zero-order valence-electron chi connectivity index (χ0n) is 27.9. The van der Waals surface area contributed by atoms with Gasteiger partial charge in [0.1, 0.15) is 5.82 Å². The molecule has 224 valence electrons. The number of aromatic nitrogens is 2. The van der Waals surface area contributed by atoms with Crippen LogP contribution >= 0.6 is 0 Å². The summed E-state index contributed by atoms with van der Waals surface area (Å²) in [7, 11) is 0. The van der Waals surface area contributed by atoms with Crippen LogP contribution in [0.15, 0.2) is 104 Å². The van der Waals surface area contributed by atoms with Crippen LogP contribution in [0.2, 0.25) is 0 Å². The van der Waals surface area contributed by atoms with Gasteiger partial charge in [0, 0.05) is 54.1 Å². The van der Waals surface area contributed by atoms with E-state index in [1.807, 2.05) is 83.1 Å². The summed E-state index contributed by atoms with van der Waals surface area (Å²) in [6.07, 6.45) is 5.56. The molecule has 0 fully saturated rings. The third-order valence-corrected chi connectivity index (χ3v) is 7.74. The minimum atomic E-state index is -2.25. The second-order valence-electron chi connectivity index (χ2n) is 11.8. The molecule has 6 aromatic rings. The Labute approximate surface area is 277 Å². The molecule has 7 rings (SSSR count). The Morgan fingerprint density at radius 2 is 1.66 bits per heavy atom. The second-order valence-corrected chi connectivity index (χ2v) is 11.8. The van der Waals surface area contributed by atoms with E-state index in [1.165, 1.54) is 23.4 Å². The van der Waals surface area contributed by atoms with Crippen LogP contribution in [0.4, 0.5) is 11.4 Å². The van der Waals surface area contributed by atoms with Crippen LogP contribution in [0.5, 0.6) is 11.5 Å². The number of ether oxygens (including phenoxy) is 1. The third-order valence-electron chi connectivity index (χ3n) is 7.74. The molecule has 0 amide bonds. The number of anilines is 2. The minimum Gasteiger partial charge on any atom is -0.509 e. The average molecular weight is 760 g/mol. The molecule has 1 aliphatic rings. The van der Waals surface area contributed by atoms with Crippen LogP contribution in [-0.4, -0.2) is 9.55 Å². The first kappa shape index (κ1) is 26.1. The fourth-order valence-corrected chi connectivity index (χ4v) is 5.78. The summed E-state index contributed by atoms with van der Waals surface area (Å²) in [5.41, 5.74) is 6.49. The molecule has 0 atom stereocenters. The van der Waals surface area contributed by atoms with Gasteiger partial charge in [0.2, 0.25) is 0 Å². The molecule has 1 aliphatic heterocycles. The van der Waals surface area contributed by atoms with Crippen LogP contribution in [0.3, 0.4) is 0 Å². The van der Waals surface area contributed by atoms with E-state index in [-0.39, 0.29) is 32.0 Å². The molecule has 5 nitrogen and oxygen atoms in total. The Bertz CT molecular complexity index is 2130. The van der Waals surface area contributed by atoms with E-state index in [0.717, 1.165) is 33.2 Å². The van der Waals surface area contributed by atoms with Crippen LogP contribution < -0.4 is 14.5 Å². The first-order chi connectivity index (χ1) is 22.0. The van der Waals surface area contributed by atoms with Gasteiger partial charge in [-0.2, -0.15) is 12.1 Å². The number of hydrogen-bond acceptors (Lipinski definition) is 4. The van der Waals surface area contributed by atoms with Crippen molar-refractivity contribution in [2.75, 3.05) is 9.80 Å². The molecular formula is C38H33N4OPt-3. The van der Waals surface area contributed by atoms with Crippen molar-refractivity contribution in [3.63, 3.8) is 0 Å². The summed E-state index contributed by atoms with van der Waals surface area (Å²) in [6.45, 7) is 8.64. The van der Waals surface area contributed by atoms with E-state index >= 15 is 0 Å². The molecule has 4 aromatic carbocycles. The van der Waals surface area contributed by atoms with Gasteiger partial charge in [0.05, 0.1) is 0 Å². The number of nitrogens with zero attached hydrogens (tertiary/aromatic N) is 4. The summed E-state index contributed by atoms with van der Waals surface area (Å²) in [5, 5.41) is 1.98. The van der Waals surface area contributed by atoms with Gasteiger partial charge in [-0.3, -0.25) is 0 Å². The molecular weight excluding hydrogens is 724 g/mol. The quantitative estimate of drug-likeness (QED) is 0.164. The van der Waals surface area contributed by atoms with Gasteiger partial charge in [-0.25, -0.2) is 4.98 Å². The van der Waals surface area contributed by atoms with Crippen LogP contribution in [0.25, 0.3) is 27.6 Å². The molecule has 0 N–H and O–H groups in total. The van der Waals surface area contributed by atoms with Crippen molar-refractivity contribution in [3.8, 4) is 17.3 Å². The fourth-order valence-electron chi connectivity index (χ4n) is 5.78. The topological polar surface area (TPSA) is 33.5 Å². The number of hydrogen-bond donors (Lipinski definition) is 0. The Kier molecular flexibility index (Phi) is 6.90. The van der Waals surface area contributed by atoms with Gasteiger partial charge in [-0.05, 0) is 84.0 Å². The summed E-state index contributed by atoms with van der Waals surface area (Å²) in [5.74, 6) is 1.56. The van der Waals surface area contributed by atoms with Crippen molar-refractivity contribution in [2.45, 2.75) is 40.0 Å². The minimum absolute atomic E-state index is 0. The zero-order chi connectivity index (χ0) is 32.2. The number of benzene rings is 4. The molecule has 0 saturated carbocycles. The number of rotatable bonds is 5. The van der Waals surface area contributed by atoms with Crippen LogP contribution in [0.1, 0.15) is 41.6 Å². The second kappa shape index (κ2) is 11.6. The molecule has 0 radical (unpaired) electrons. The SMILES string of the molecule is [2H]C([2H])([2H])c1ccnc(-n2c3[c-]c(Oc4[c-]c(N5C=CN(c6ccc(C(C)(C)C)c(C)c6)[CH-]5)ccc4)ccc3c3ccccc32)c1.[Pt]. The summed E-state index contributed by atoms with van der Waals surface area (Å²) >= 11 is 0. The van der Waals surface area contributed by atoms with Gasteiger partial charge in [0.25, 0.3) is 0 Å². The van der Waals surface area contributed by atoms with Crippen LogP contribution in [0, 0.1) is 32.6 Å². The average Bonchev–Trinajstić information content (AvgIpc) is 3.64. The van der Waals surface area contributed by atoms with E-state index in [2.05, 4.69) is 67.9 Å². The van der Waals surface area contributed by atoms with E-state index < -0.39 is 6.85 Å². The maximum Gasteiger partial charge on any atom is 0.135 e. The normalized spacial score (nSPS) is 14.4. The van der Waals surface area contributed by atoms with Gasteiger partial charge < -0.3 is 19.1 Å². The van der Waals surface area contributed by atoms with Crippen molar-refractivity contribution >= 4 is 33.2 Å². The van der Waals surface area contributed by atoms with Gasteiger partial charge in [0.15, 0.2) is 0 Å². The number of aryl methyl sites for hydroxylation is 2. The van der Waals surface area contributed by atoms with Crippen molar-refractivity contribution < 1.29 is 29.9 Å². The Hall–Kier alpha value is -4.34. The Morgan fingerprint density at radius 3 is 2.48 bits per heavy atom. The molecule has 0 aliphatic carbocycles. The van der Waals surface area contributed by atoms with E-state index in [1.54, 1.807) is 6.07 Å². The summed E-state index contributed by atoms with van der Waals surface area (Å²) in [4.78, 5) is 8.64. The number of fused-ring (bicyclic) bond motifs is 3. The predicted octanol–water partition coefficient (Wildman–Crippen LogP) is 9.40. The van der Waals surface area contributed by atoms with E-state index in [4.69, 9.17) is 8.85 Å². The van der Waals surface area contributed by atoms with Gasteiger partial charge in [-0.15, -0.1) is 48.1 Å². The molecule has 2 aromatic heterocycles. The smallest absolute Gasteiger partial charge is 0.135 e. The standard InChI is InChI=1S/C38H33N4O.Pt/c1-26-17-18-39-37(21-26)42-35-12-7-6-11-32(35)33-15-14-31(24-36(33)42)43-30-10-8-9-28(23-30)40-19-20-41(25-40)29-13-16-34(27(2)22-29)38(3,4)5;/h6-22,25H,1-5H3;/q-3;/i1D3;. The predicted molar refractivity (Wildman–Crippen MR) is 176 cm³/mol. The first-order valence-corrected chi connectivity index (χ1v) is 14.3. The molecule has 0 saturated heterocycles. The number of para-hydroxylation sites is 1. The Balaban J connectivity index is 0.00000386. The van der Waals surface area contributed by atoms with Crippen molar-refractivity contribution in [3.05, 3.63) is 139 Å². The van der Waals surface area contributed by atoms with Crippen molar-refractivity contribution in [1.29, 1.82) is 0 Å². The van der Waals surface area contributed by atoms with Gasteiger partial charge in [-0.1, -0.05) is 50.6 Å². The maximum absolute atomic E-state index is 7.90. The van der Waals surface area contributed by atoms with Gasteiger partial charge >= 0.3 is 0 Å². The summed E-state index contributed by atoms with van der Waals surface area (Å²) < 4.78 is 32.0. The molecule has 3 heterocycles. The largest absolute Gasteiger partial charge is 0.509 e. The fraction of sp³-hybridized carbons (Fsp3) is 0.158. The van der Waals surface area contributed by atoms with Crippen molar-refractivity contribution in [2.24, 2.45) is 0 Å². The molecule has 0 unspecified atom stereocenters. The third kappa shape index (κ3) is 5.53. The van der Waals surface area contributed by atoms with Crippen LogP contribution in [-0.2, 0) is 26.5 Å². The van der Waals surface area contributed by atoms with E-state index in [9.17, 15) is 0 Å². The van der Waals surface area contributed by atoms with Crippen molar-refractivity contribution in [1.82, 2.24) is 9.55 Å². The summed E-state index contributed by atoms with van der Waals surface area (Å²) in [6, 6.07) is 34.2. The molecule has 44 heavy (non-hydrogen) atoms. The molecule has 6 heteroatoms.